The Morgan fingerprint density at radius 1 is 1.15 bits per heavy atom. The Morgan fingerprint density at radius 3 is 2.52 bits per heavy atom. The highest BCUT2D eigenvalue weighted by molar-refractivity contribution is 7.98. The molecule has 0 spiro atoms. The van der Waals surface area contributed by atoms with Gasteiger partial charge in [-0.05, 0) is 42.7 Å². The minimum atomic E-state index is -3.02. The average molecular weight is 436 g/mol. The maximum atomic E-state index is 12.2. The van der Waals surface area contributed by atoms with Crippen molar-refractivity contribution in [1.82, 2.24) is 0 Å². The number of hydrogen-bond donors (Lipinski definition) is 1. The fraction of sp³-hybridized carbons (Fsp3) is 0.176. The minimum absolute atomic E-state index is 0.106. The number of benzene rings is 2. The van der Waals surface area contributed by atoms with Gasteiger partial charge in [-0.3, -0.25) is 4.79 Å². The summed E-state index contributed by atoms with van der Waals surface area (Å²) in [7, 11) is 0. The van der Waals surface area contributed by atoms with E-state index in [-0.39, 0.29) is 27.0 Å². The number of amides is 1. The van der Waals surface area contributed by atoms with Crippen LogP contribution in [0.1, 0.15) is 10.4 Å². The van der Waals surface area contributed by atoms with Gasteiger partial charge in [-0.2, -0.15) is 8.78 Å². The molecule has 5 nitrogen and oxygen atoms in total. The Balaban J connectivity index is 1.94. The lowest BCUT2D eigenvalue weighted by atomic mass is 10.2. The molecule has 0 heterocycles. The van der Waals surface area contributed by atoms with E-state index < -0.39 is 25.1 Å². The molecule has 2 aromatic rings. The van der Waals surface area contributed by atoms with Gasteiger partial charge in [-0.25, -0.2) is 4.79 Å². The maximum Gasteiger partial charge on any atom is 0.387 e. The van der Waals surface area contributed by atoms with Gasteiger partial charge in [0, 0.05) is 10.6 Å². The number of ether oxygens (including phenoxy) is 2. The van der Waals surface area contributed by atoms with E-state index in [1.165, 1.54) is 30.0 Å². The van der Waals surface area contributed by atoms with Crippen LogP contribution in [-0.2, 0) is 9.53 Å². The topological polar surface area (TPSA) is 64.6 Å². The molecule has 2 rings (SSSR count). The van der Waals surface area contributed by atoms with Crippen LogP contribution >= 0.6 is 35.0 Å². The summed E-state index contributed by atoms with van der Waals surface area (Å²) >= 11 is 13.2. The van der Waals surface area contributed by atoms with Crippen LogP contribution in [0.2, 0.25) is 10.0 Å². The number of carbonyl (C=O) groups excluding carboxylic acids is 2. The number of esters is 1. The van der Waals surface area contributed by atoms with E-state index in [0.29, 0.717) is 0 Å². The van der Waals surface area contributed by atoms with Crippen LogP contribution in [0.15, 0.2) is 41.3 Å². The van der Waals surface area contributed by atoms with E-state index in [1.54, 1.807) is 18.2 Å². The van der Waals surface area contributed by atoms with Crippen LogP contribution in [-0.4, -0.2) is 31.4 Å². The van der Waals surface area contributed by atoms with E-state index in [4.69, 9.17) is 27.9 Å². The Hall–Kier alpha value is -2.03. The molecule has 1 amide bonds. The second-order valence-electron chi connectivity index (χ2n) is 4.99. The van der Waals surface area contributed by atoms with E-state index in [2.05, 4.69) is 10.1 Å². The van der Waals surface area contributed by atoms with Crippen molar-refractivity contribution in [3.05, 3.63) is 52.0 Å². The molecule has 0 aromatic heterocycles. The standard InChI is InChI=1S/C17H13Cl2F2NO4S/c1-27-10-3-4-12(18)11(7-10)16(24)25-8-15(23)22-9-2-5-14(13(19)6-9)26-17(20)21/h2-7,17H,8H2,1H3,(H,22,23). The third-order valence-corrected chi connectivity index (χ3v) is 4.51. The lowest BCUT2D eigenvalue weighted by Gasteiger charge is -2.10. The van der Waals surface area contributed by atoms with Crippen molar-refractivity contribution in [3.63, 3.8) is 0 Å². The molecule has 10 heteroatoms. The first-order valence-electron chi connectivity index (χ1n) is 7.35. The summed E-state index contributed by atoms with van der Waals surface area (Å²) in [5.41, 5.74) is 0.373. The molecule has 1 N–H and O–H groups in total. The third-order valence-electron chi connectivity index (χ3n) is 3.16. The Morgan fingerprint density at radius 2 is 1.89 bits per heavy atom. The van der Waals surface area contributed by atoms with Crippen LogP contribution in [0.4, 0.5) is 14.5 Å². The zero-order chi connectivity index (χ0) is 20.0. The molecular formula is C17H13Cl2F2NO4S. The number of anilines is 1. The molecular weight excluding hydrogens is 423 g/mol. The Kier molecular flexibility index (Phi) is 7.70. The first-order chi connectivity index (χ1) is 12.8. The number of halogens is 4. The summed E-state index contributed by atoms with van der Waals surface area (Å²) < 4.78 is 33.5. The van der Waals surface area contributed by atoms with Crippen LogP contribution in [0.3, 0.4) is 0 Å². The van der Waals surface area contributed by atoms with Crippen LogP contribution in [0.5, 0.6) is 5.75 Å². The van der Waals surface area contributed by atoms with Crippen molar-refractivity contribution in [2.45, 2.75) is 11.5 Å². The molecule has 0 atom stereocenters. The molecule has 0 fully saturated rings. The zero-order valence-corrected chi connectivity index (χ0v) is 16.1. The van der Waals surface area contributed by atoms with Crippen LogP contribution in [0, 0.1) is 0 Å². The number of thioether (sulfide) groups is 1. The normalized spacial score (nSPS) is 10.6. The van der Waals surface area contributed by atoms with Crippen molar-refractivity contribution < 1.29 is 27.8 Å². The number of carbonyl (C=O) groups is 2. The lowest BCUT2D eigenvalue weighted by Crippen LogP contribution is -2.21. The molecule has 0 bridgehead atoms. The Bertz CT molecular complexity index is 852. The van der Waals surface area contributed by atoms with E-state index in [0.717, 1.165) is 4.90 Å². The van der Waals surface area contributed by atoms with Gasteiger partial charge in [0.1, 0.15) is 5.75 Å². The van der Waals surface area contributed by atoms with Gasteiger partial charge in [0.15, 0.2) is 6.61 Å². The van der Waals surface area contributed by atoms with Crippen molar-refractivity contribution in [2.24, 2.45) is 0 Å². The molecule has 2 aromatic carbocycles. The van der Waals surface area contributed by atoms with Crippen molar-refractivity contribution in [3.8, 4) is 5.75 Å². The van der Waals surface area contributed by atoms with Gasteiger partial charge in [-0.1, -0.05) is 23.2 Å². The number of rotatable bonds is 7. The Labute approximate surface area is 167 Å². The first kappa shape index (κ1) is 21.3. The van der Waals surface area contributed by atoms with Gasteiger partial charge < -0.3 is 14.8 Å². The van der Waals surface area contributed by atoms with E-state index in [1.807, 2.05) is 6.26 Å². The highest BCUT2D eigenvalue weighted by Crippen LogP contribution is 2.29. The highest BCUT2D eigenvalue weighted by atomic mass is 35.5. The summed E-state index contributed by atoms with van der Waals surface area (Å²) in [5, 5.41) is 2.53. The molecule has 0 saturated carbocycles. The molecule has 0 saturated heterocycles. The molecule has 0 unspecified atom stereocenters. The molecule has 0 radical (unpaired) electrons. The summed E-state index contributed by atoms with van der Waals surface area (Å²) in [6, 6.07) is 8.62. The minimum Gasteiger partial charge on any atom is -0.452 e. The smallest absolute Gasteiger partial charge is 0.387 e. The van der Waals surface area contributed by atoms with E-state index in [9.17, 15) is 18.4 Å². The fourth-order valence-electron chi connectivity index (χ4n) is 1.96. The van der Waals surface area contributed by atoms with Crippen LogP contribution < -0.4 is 10.1 Å². The van der Waals surface area contributed by atoms with Gasteiger partial charge in [0.25, 0.3) is 5.91 Å². The molecule has 0 aliphatic carbocycles. The molecule has 144 valence electrons. The number of nitrogens with one attached hydrogen (secondary N) is 1. The fourth-order valence-corrected chi connectivity index (χ4v) is 2.82. The number of alkyl halides is 2. The second kappa shape index (κ2) is 9.77. The van der Waals surface area contributed by atoms with E-state index >= 15 is 0 Å². The quantitative estimate of drug-likeness (QED) is 0.483. The zero-order valence-electron chi connectivity index (χ0n) is 13.8. The summed E-state index contributed by atoms with van der Waals surface area (Å²) in [4.78, 5) is 24.8. The summed E-state index contributed by atoms with van der Waals surface area (Å²) in [6.45, 7) is -3.58. The first-order valence-corrected chi connectivity index (χ1v) is 9.33. The van der Waals surface area contributed by atoms with Gasteiger partial charge in [0.05, 0.1) is 15.6 Å². The molecule has 0 aliphatic rings. The SMILES string of the molecule is CSc1ccc(Cl)c(C(=O)OCC(=O)Nc2ccc(OC(F)F)c(Cl)c2)c1. The highest BCUT2D eigenvalue weighted by Gasteiger charge is 2.15. The summed E-state index contributed by atoms with van der Waals surface area (Å²) in [5.74, 6) is -1.61. The van der Waals surface area contributed by atoms with Gasteiger partial charge >= 0.3 is 12.6 Å². The second-order valence-corrected chi connectivity index (χ2v) is 6.69. The predicted octanol–water partition coefficient (Wildman–Crippen LogP) is 5.11. The predicted molar refractivity (Wildman–Crippen MR) is 100 cm³/mol. The third kappa shape index (κ3) is 6.27. The largest absolute Gasteiger partial charge is 0.452 e. The van der Waals surface area contributed by atoms with Crippen LogP contribution in [0.25, 0.3) is 0 Å². The number of hydrogen-bond acceptors (Lipinski definition) is 5. The molecule has 27 heavy (non-hydrogen) atoms. The monoisotopic (exact) mass is 435 g/mol. The summed E-state index contributed by atoms with van der Waals surface area (Å²) in [6.07, 6.45) is 1.84. The molecule has 0 aliphatic heterocycles. The van der Waals surface area contributed by atoms with Gasteiger partial charge in [-0.15, -0.1) is 11.8 Å². The van der Waals surface area contributed by atoms with Crippen molar-refractivity contribution in [1.29, 1.82) is 0 Å². The maximum absolute atomic E-state index is 12.2. The van der Waals surface area contributed by atoms with Crippen molar-refractivity contribution >= 4 is 52.5 Å². The average Bonchev–Trinajstić information content (AvgIpc) is 2.62. The lowest BCUT2D eigenvalue weighted by molar-refractivity contribution is -0.119. The van der Waals surface area contributed by atoms with Gasteiger partial charge in [0.2, 0.25) is 0 Å². The van der Waals surface area contributed by atoms with Crippen molar-refractivity contribution in [2.75, 3.05) is 18.2 Å².